The molecule has 4 amide bonds. The molecule has 0 fully saturated rings. The maximum absolute atomic E-state index is 14.7. The number of hydrogen-bond donors (Lipinski definition) is 8. The predicted octanol–water partition coefficient (Wildman–Crippen LogP) is 4.75. The van der Waals surface area contributed by atoms with Gasteiger partial charge in [0.05, 0.1) is 36.5 Å². The van der Waals surface area contributed by atoms with E-state index in [1.165, 1.54) is 65.3 Å². The molecule has 0 unspecified atom stereocenters. The second kappa shape index (κ2) is 29.7. The highest BCUT2D eigenvalue weighted by atomic mass is 19.1. The van der Waals surface area contributed by atoms with Crippen molar-refractivity contribution in [3.63, 3.8) is 0 Å². The number of aliphatic carboxylic acids is 1. The number of carboxylic acids is 1. The summed E-state index contributed by atoms with van der Waals surface area (Å²) in [5, 5.41) is 37.4. The number of fused-ring (bicyclic) bond motifs is 2. The van der Waals surface area contributed by atoms with E-state index < -0.39 is 137 Å². The summed E-state index contributed by atoms with van der Waals surface area (Å²) in [4.78, 5) is 160. The Balaban J connectivity index is 1.11. The summed E-state index contributed by atoms with van der Waals surface area (Å²) in [5.74, 6) is -14.7. The predicted molar refractivity (Wildman–Crippen MR) is 291 cm³/mol. The van der Waals surface area contributed by atoms with Crippen molar-refractivity contribution in [2.45, 2.75) is 136 Å². The van der Waals surface area contributed by atoms with Crippen molar-refractivity contribution in [1.82, 2.24) is 25.9 Å². The standard InChI is InChI=1S/C58H66F2N6O17/c1-28(15-45(71)30(3)65-58(81)38(32(5)69)22-49(75)43(19-36-25-62-26-63-36)66-57(80)35(16-29(2)68)12-14-53(76)77)56(79)64-31(4)46(72)17-34(55(61)78)9-7-6-8-10-44(70)33-11-13-37(50(18-33)82-27-67)54-39-20-41(59)47(73)23-51(39)83-52-24-48(74)42(60)21-40(52)54/h11,13,18,20-21,23-28,30-32,34-35,38,43,69,73H,6-10,12,14-17,19,22H2,1-5H3,(H2,61,78)(H,62,63)(H,64,79)(H,65,81)(H,66,80)(H,76,77)/t28-,30+,31+,32-,34-,35-,38+,43+/m1/s1. The van der Waals surface area contributed by atoms with Gasteiger partial charge >= 0.3 is 5.97 Å². The number of aliphatic hydroxyl groups excluding tert-OH is 1. The highest BCUT2D eigenvalue weighted by molar-refractivity contribution is 6.05. The van der Waals surface area contributed by atoms with E-state index in [9.17, 15) is 76.5 Å². The number of primary amides is 1. The molecule has 444 valence electrons. The summed E-state index contributed by atoms with van der Waals surface area (Å²) in [6.07, 6.45) is 0.0785. The largest absolute Gasteiger partial charge is 0.505 e. The molecular formula is C58H66F2N6O17. The number of unbranched alkanes of at least 4 members (excludes halogenated alkanes) is 2. The van der Waals surface area contributed by atoms with Crippen LogP contribution in [0.3, 0.4) is 0 Å². The maximum Gasteiger partial charge on any atom is 0.303 e. The first-order valence-corrected chi connectivity index (χ1v) is 26.7. The lowest BCUT2D eigenvalue weighted by Crippen LogP contribution is -2.49. The number of aliphatic hydroxyl groups is 1. The Labute approximate surface area is 473 Å². The SMILES string of the molecule is CC(=O)C[C@@H](CCC(=O)O)C(=O)N[C@@H](Cc1cnc[nH]1)C(=O)C[C@H](C(=O)N[C@@H](C)C(=O)C[C@@H](C)C(=O)N[C@@H](C)C(=O)C[C@@H](CCCCCC(=O)c1ccc(-c2c3cc(F)c(=O)cc-3oc3cc(O)c(F)cc23)c(OC=O)c1)C(N)=O)[C@@H](C)O. The number of phenolic OH excluding ortho intramolecular Hbond substituents is 1. The lowest BCUT2D eigenvalue weighted by molar-refractivity contribution is -0.139. The summed E-state index contributed by atoms with van der Waals surface area (Å²) in [6.45, 7) is 6.70. The molecule has 8 atom stereocenters. The Hall–Kier alpha value is -8.87. The minimum Gasteiger partial charge on any atom is -0.505 e. The average Bonchev–Trinajstić information content (AvgIpc) is 3.52. The zero-order valence-electron chi connectivity index (χ0n) is 46.2. The van der Waals surface area contributed by atoms with Gasteiger partial charge in [-0.05, 0) is 71.2 Å². The molecule has 0 saturated heterocycles. The van der Waals surface area contributed by atoms with Crippen LogP contribution < -0.4 is 31.8 Å². The van der Waals surface area contributed by atoms with Gasteiger partial charge in [0, 0.05) is 114 Å². The van der Waals surface area contributed by atoms with Crippen LogP contribution in [-0.2, 0) is 54.4 Å². The third kappa shape index (κ3) is 18.1. The number of aromatic nitrogens is 2. The third-order valence-electron chi connectivity index (χ3n) is 14.2. The number of ketones is 5. The summed E-state index contributed by atoms with van der Waals surface area (Å²) >= 11 is 0. The lowest BCUT2D eigenvalue weighted by Gasteiger charge is -2.25. The van der Waals surface area contributed by atoms with Crippen LogP contribution in [0, 0.1) is 35.3 Å². The molecule has 1 aliphatic carbocycles. The van der Waals surface area contributed by atoms with Gasteiger partial charge in [0.1, 0.15) is 22.9 Å². The molecule has 0 bridgehead atoms. The summed E-state index contributed by atoms with van der Waals surface area (Å²) in [7, 11) is 0. The molecule has 2 aliphatic rings. The van der Waals surface area contributed by atoms with Gasteiger partial charge in [0.15, 0.2) is 40.5 Å². The van der Waals surface area contributed by atoms with Crippen molar-refractivity contribution in [2.75, 3.05) is 0 Å². The van der Waals surface area contributed by atoms with E-state index in [-0.39, 0.29) is 101 Å². The first kappa shape index (κ1) is 64.9. The van der Waals surface area contributed by atoms with Crippen LogP contribution in [0.1, 0.15) is 121 Å². The number of halogens is 2. The number of ether oxygens (including phenoxy) is 1. The Kier molecular flexibility index (Phi) is 23.3. The number of Topliss-reactive ketones (excluding diaryl/α,β-unsaturated/α-hetero) is 5. The number of carboxylic acid groups (broad SMARTS) is 1. The molecule has 1 aliphatic heterocycles. The topological polar surface area (TPSA) is 379 Å². The fourth-order valence-electron chi connectivity index (χ4n) is 9.38. The van der Waals surface area contributed by atoms with Crippen LogP contribution in [0.2, 0.25) is 0 Å². The van der Waals surface area contributed by atoms with Gasteiger partial charge < -0.3 is 55.9 Å². The Morgan fingerprint density at radius 3 is 2.08 bits per heavy atom. The minimum atomic E-state index is -1.44. The highest BCUT2D eigenvalue weighted by Gasteiger charge is 2.35. The number of nitrogens with two attached hydrogens (primary N) is 1. The molecule has 2 aromatic carbocycles. The zero-order valence-corrected chi connectivity index (χ0v) is 46.2. The van der Waals surface area contributed by atoms with E-state index >= 15 is 0 Å². The van der Waals surface area contributed by atoms with Crippen molar-refractivity contribution in [2.24, 2.45) is 29.4 Å². The van der Waals surface area contributed by atoms with E-state index in [1.807, 2.05) is 0 Å². The van der Waals surface area contributed by atoms with Crippen LogP contribution in [-0.4, -0.2) is 115 Å². The third-order valence-corrected chi connectivity index (χ3v) is 14.2. The van der Waals surface area contributed by atoms with Crippen LogP contribution in [0.15, 0.2) is 64.2 Å². The minimum absolute atomic E-state index is 0.00132. The second-order valence-electron chi connectivity index (χ2n) is 20.7. The molecule has 0 spiro atoms. The van der Waals surface area contributed by atoms with E-state index in [0.29, 0.717) is 25.0 Å². The van der Waals surface area contributed by atoms with Gasteiger partial charge in [0.2, 0.25) is 29.1 Å². The number of carbonyl (C=O) groups is 11. The monoisotopic (exact) mass is 1160 g/mol. The van der Waals surface area contributed by atoms with E-state index in [4.69, 9.17) is 20.0 Å². The molecule has 3 aromatic rings. The number of carbonyl (C=O) groups excluding carboxylic acids is 10. The smallest absolute Gasteiger partial charge is 0.303 e. The number of benzene rings is 3. The highest BCUT2D eigenvalue weighted by Crippen LogP contribution is 2.45. The van der Waals surface area contributed by atoms with E-state index in [2.05, 4.69) is 25.9 Å². The zero-order chi connectivity index (χ0) is 61.4. The van der Waals surface area contributed by atoms with Gasteiger partial charge in [-0.2, -0.15) is 0 Å². The summed E-state index contributed by atoms with van der Waals surface area (Å²) in [6, 6.07) is 4.03. The number of amides is 4. The molecule has 9 N–H and O–H groups in total. The van der Waals surface area contributed by atoms with E-state index in [1.54, 1.807) is 0 Å². The number of aromatic amines is 1. The number of phenols is 1. The van der Waals surface area contributed by atoms with Crippen molar-refractivity contribution < 1.29 is 86.0 Å². The molecule has 1 aromatic heterocycles. The van der Waals surface area contributed by atoms with Crippen molar-refractivity contribution in [3.8, 4) is 33.9 Å². The van der Waals surface area contributed by atoms with Gasteiger partial charge in [-0.25, -0.2) is 13.8 Å². The molecule has 23 nitrogen and oxygen atoms in total. The molecular weight excluding hydrogens is 1090 g/mol. The molecule has 0 saturated carbocycles. The fourth-order valence-corrected chi connectivity index (χ4v) is 9.38. The summed E-state index contributed by atoms with van der Waals surface area (Å²) < 4.78 is 40.3. The number of rotatable bonds is 34. The molecule has 83 heavy (non-hydrogen) atoms. The number of nitrogens with zero attached hydrogens (tertiary/aromatic N) is 1. The first-order valence-electron chi connectivity index (χ1n) is 26.7. The van der Waals surface area contributed by atoms with Crippen LogP contribution in [0.5, 0.6) is 11.5 Å². The maximum atomic E-state index is 14.7. The summed E-state index contributed by atoms with van der Waals surface area (Å²) in [5.41, 5.74) is 5.24. The van der Waals surface area contributed by atoms with Crippen molar-refractivity contribution in [3.05, 3.63) is 88.1 Å². The number of H-pyrrole nitrogens is 1. The second-order valence-corrected chi connectivity index (χ2v) is 20.7. The molecule has 25 heteroatoms. The van der Waals surface area contributed by atoms with Crippen LogP contribution >= 0.6 is 0 Å². The van der Waals surface area contributed by atoms with Crippen molar-refractivity contribution in [1.29, 1.82) is 0 Å². The quantitative estimate of drug-likeness (QED) is 0.0119. The van der Waals surface area contributed by atoms with E-state index in [0.717, 1.165) is 24.3 Å². The number of hydrogen-bond acceptors (Lipinski definition) is 17. The number of aromatic hydroxyl groups is 1. The Bertz CT molecular complexity index is 3290. The molecule has 0 radical (unpaired) electrons. The van der Waals surface area contributed by atoms with Crippen molar-refractivity contribution >= 4 is 76.0 Å². The number of imidazole rings is 1. The van der Waals surface area contributed by atoms with Gasteiger partial charge in [0.25, 0.3) is 6.47 Å². The number of nitrogens with one attached hydrogen (secondary N) is 4. The van der Waals surface area contributed by atoms with Gasteiger partial charge in [-0.1, -0.05) is 25.8 Å². The normalized spacial score (nSPS) is 14.2. The Morgan fingerprint density at radius 1 is 0.771 bits per heavy atom. The van der Waals surface area contributed by atoms with Crippen LogP contribution in [0.4, 0.5) is 8.78 Å². The Morgan fingerprint density at radius 2 is 1.46 bits per heavy atom. The lowest BCUT2D eigenvalue weighted by atomic mass is 9.90. The average molecular weight is 1160 g/mol. The fraction of sp³-hybridized carbons (Fsp3) is 0.431. The van der Waals surface area contributed by atoms with Gasteiger partial charge in [-0.3, -0.25) is 52.7 Å². The molecule has 2 heterocycles. The van der Waals surface area contributed by atoms with Gasteiger partial charge in [-0.15, -0.1) is 0 Å². The first-order chi connectivity index (χ1) is 39.2. The van der Waals surface area contributed by atoms with Crippen LogP contribution in [0.25, 0.3) is 33.4 Å². The molecule has 5 rings (SSSR count).